The first-order valence-corrected chi connectivity index (χ1v) is 3.85. The van der Waals surface area contributed by atoms with Crippen LogP contribution < -0.4 is 4.74 Å². The van der Waals surface area contributed by atoms with E-state index in [1.54, 1.807) is 0 Å². The number of aliphatic hydroxyl groups is 2. The summed E-state index contributed by atoms with van der Waals surface area (Å²) in [7, 11) is 0. The van der Waals surface area contributed by atoms with Crippen LogP contribution in [0.1, 0.15) is 5.01 Å². The van der Waals surface area contributed by atoms with E-state index >= 15 is 0 Å². The van der Waals surface area contributed by atoms with Crippen molar-refractivity contribution >= 4 is 11.3 Å². The molecule has 1 heterocycles. The molecule has 62 valence electrons. The average Bonchev–Trinajstić information content (AvgIpc) is 2.48. The molecule has 0 amide bonds. The second-order valence-electron chi connectivity index (χ2n) is 1.69. The highest BCUT2D eigenvalue weighted by Crippen LogP contribution is 2.16. The molecule has 6 heteroatoms. The molecule has 5 nitrogen and oxygen atoms in total. The van der Waals surface area contributed by atoms with Gasteiger partial charge in [-0.3, -0.25) is 0 Å². The second-order valence-corrected chi connectivity index (χ2v) is 2.72. The van der Waals surface area contributed by atoms with Crippen LogP contribution in [0.4, 0.5) is 0 Å². The summed E-state index contributed by atoms with van der Waals surface area (Å²) in [4.78, 5) is 0. The van der Waals surface area contributed by atoms with E-state index in [4.69, 9.17) is 14.9 Å². The maximum absolute atomic E-state index is 8.58. The van der Waals surface area contributed by atoms with E-state index in [1.807, 2.05) is 0 Å². The van der Waals surface area contributed by atoms with Gasteiger partial charge in [0.1, 0.15) is 11.6 Å². The first kappa shape index (κ1) is 8.38. The van der Waals surface area contributed by atoms with Crippen molar-refractivity contribution in [1.29, 1.82) is 0 Å². The Kier molecular flexibility index (Phi) is 3.21. The molecule has 2 N–H and O–H groups in total. The molecule has 1 aromatic heterocycles. The molecule has 0 saturated carbocycles. The zero-order valence-corrected chi connectivity index (χ0v) is 6.54. The summed E-state index contributed by atoms with van der Waals surface area (Å²) in [5, 5.41) is 25.0. The minimum atomic E-state index is -0.125. The lowest BCUT2D eigenvalue weighted by Gasteiger charge is -1.94. The third-order valence-corrected chi connectivity index (χ3v) is 1.72. The summed E-state index contributed by atoms with van der Waals surface area (Å²) < 4.78 is 4.92. The van der Waals surface area contributed by atoms with Gasteiger partial charge in [0.15, 0.2) is 0 Å². The average molecular weight is 176 g/mol. The molecule has 0 aliphatic carbocycles. The molecule has 0 aliphatic heterocycles. The van der Waals surface area contributed by atoms with E-state index < -0.39 is 0 Å². The second kappa shape index (κ2) is 4.22. The largest absolute Gasteiger partial charge is 0.466 e. The lowest BCUT2D eigenvalue weighted by atomic mass is 10.8. The van der Waals surface area contributed by atoms with Gasteiger partial charge in [-0.15, -0.1) is 5.10 Å². The Labute approximate surface area is 67.3 Å². The number of rotatable bonds is 4. The topological polar surface area (TPSA) is 75.5 Å². The van der Waals surface area contributed by atoms with Crippen LogP contribution in [-0.2, 0) is 6.61 Å². The molecule has 1 rings (SSSR count). The highest BCUT2D eigenvalue weighted by Gasteiger charge is 2.02. The van der Waals surface area contributed by atoms with E-state index in [2.05, 4.69) is 10.2 Å². The monoisotopic (exact) mass is 176 g/mol. The fourth-order valence-corrected chi connectivity index (χ4v) is 1.07. The Morgan fingerprint density at radius 2 is 2.18 bits per heavy atom. The summed E-state index contributed by atoms with van der Waals surface area (Å²) in [6, 6.07) is 0. The van der Waals surface area contributed by atoms with Gasteiger partial charge < -0.3 is 14.9 Å². The number of nitrogens with zero attached hydrogens (tertiary/aromatic N) is 2. The van der Waals surface area contributed by atoms with Crippen LogP contribution in [0.3, 0.4) is 0 Å². The molecule has 11 heavy (non-hydrogen) atoms. The first-order valence-electron chi connectivity index (χ1n) is 3.03. The predicted molar refractivity (Wildman–Crippen MR) is 38.4 cm³/mol. The standard InChI is InChI=1S/C5H8N2O3S/c8-1-2-10-5-7-6-4(3-9)11-5/h8-9H,1-3H2. The Morgan fingerprint density at radius 3 is 2.73 bits per heavy atom. The maximum atomic E-state index is 8.58. The summed E-state index contributed by atoms with van der Waals surface area (Å²) in [5.41, 5.74) is 0. The number of hydrogen-bond donors (Lipinski definition) is 2. The minimum Gasteiger partial charge on any atom is -0.466 e. The van der Waals surface area contributed by atoms with Gasteiger partial charge >= 0.3 is 0 Å². The number of aromatic nitrogens is 2. The summed E-state index contributed by atoms with van der Waals surface area (Å²) in [6.45, 7) is 0.0360. The molecule has 0 unspecified atom stereocenters. The summed E-state index contributed by atoms with van der Waals surface area (Å²) >= 11 is 1.17. The molecule has 0 saturated heterocycles. The minimum absolute atomic E-state index is 0.0476. The van der Waals surface area contributed by atoms with Crippen LogP contribution in [0.2, 0.25) is 0 Å². The van der Waals surface area contributed by atoms with Crippen LogP contribution in [0.25, 0.3) is 0 Å². The first-order chi connectivity index (χ1) is 5.36. The number of hydrogen-bond acceptors (Lipinski definition) is 6. The number of ether oxygens (including phenoxy) is 1. The third-order valence-electron chi connectivity index (χ3n) is 0.900. The molecule has 0 fully saturated rings. The Bertz CT molecular complexity index is 215. The molecule has 0 spiro atoms. The SMILES string of the molecule is OCCOc1nnc(CO)s1. The van der Waals surface area contributed by atoms with Gasteiger partial charge in [0.25, 0.3) is 5.19 Å². The van der Waals surface area contributed by atoms with Gasteiger partial charge in [-0.25, -0.2) is 0 Å². The Morgan fingerprint density at radius 1 is 1.36 bits per heavy atom. The fourth-order valence-electron chi connectivity index (χ4n) is 0.493. The summed E-state index contributed by atoms with van der Waals surface area (Å²) in [5.74, 6) is 0. The molecule has 0 radical (unpaired) electrons. The van der Waals surface area contributed by atoms with E-state index in [1.165, 1.54) is 11.3 Å². The smallest absolute Gasteiger partial charge is 0.294 e. The summed E-state index contributed by atoms with van der Waals surface area (Å²) in [6.07, 6.45) is 0. The van der Waals surface area contributed by atoms with Crippen molar-refractivity contribution in [1.82, 2.24) is 10.2 Å². The van der Waals surface area contributed by atoms with Gasteiger partial charge in [0.2, 0.25) is 0 Å². The van der Waals surface area contributed by atoms with E-state index in [0.717, 1.165) is 0 Å². The molecule has 0 bridgehead atoms. The quantitative estimate of drug-likeness (QED) is 0.640. The normalized spacial score (nSPS) is 10.0. The molecular weight excluding hydrogens is 168 g/mol. The van der Waals surface area contributed by atoms with Crippen molar-refractivity contribution in [3.8, 4) is 5.19 Å². The highest BCUT2D eigenvalue weighted by atomic mass is 32.1. The molecular formula is C5H8N2O3S. The van der Waals surface area contributed by atoms with Crippen molar-refractivity contribution < 1.29 is 14.9 Å². The molecule has 0 atom stereocenters. The predicted octanol–water partition coefficient (Wildman–Crippen LogP) is -0.599. The van der Waals surface area contributed by atoms with Crippen molar-refractivity contribution in [2.75, 3.05) is 13.2 Å². The molecule has 1 aromatic rings. The third kappa shape index (κ3) is 2.41. The lowest BCUT2D eigenvalue weighted by molar-refractivity contribution is 0.200. The van der Waals surface area contributed by atoms with Crippen molar-refractivity contribution in [2.24, 2.45) is 0 Å². The van der Waals surface area contributed by atoms with Gasteiger partial charge in [-0.1, -0.05) is 16.4 Å². The maximum Gasteiger partial charge on any atom is 0.294 e. The van der Waals surface area contributed by atoms with Crippen LogP contribution in [0, 0.1) is 0 Å². The van der Waals surface area contributed by atoms with Crippen LogP contribution in [-0.4, -0.2) is 33.6 Å². The van der Waals surface area contributed by atoms with Crippen LogP contribution >= 0.6 is 11.3 Å². The van der Waals surface area contributed by atoms with E-state index in [-0.39, 0.29) is 19.8 Å². The van der Waals surface area contributed by atoms with Crippen LogP contribution in [0.15, 0.2) is 0 Å². The van der Waals surface area contributed by atoms with Gasteiger partial charge in [0.05, 0.1) is 13.2 Å². The van der Waals surface area contributed by atoms with E-state index in [9.17, 15) is 0 Å². The highest BCUT2D eigenvalue weighted by molar-refractivity contribution is 7.13. The number of aliphatic hydroxyl groups excluding tert-OH is 2. The fraction of sp³-hybridized carbons (Fsp3) is 0.600. The van der Waals surface area contributed by atoms with Crippen molar-refractivity contribution in [3.05, 3.63) is 5.01 Å². The van der Waals surface area contributed by atoms with Crippen molar-refractivity contribution in [2.45, 2.75) is 6.61 Å². The van der Waals surface area contributed by atoms with Gasteiger partial charge in [-0.05, 0) is 0 Å². The van der Waals surface area contributed by atoms with Crippen LogP contribution in [0.5, 0.6) is 5.19 Å². The Hall–Kier alpha value is -0.720. The zero-order valence-electron chi connectivity index (χ0n) is 5.73. The van der Waals surface area contributed by atoms with Gasteiger partial charge in [0, 0.05) is 0 Å². The zero-order chi connectivity index (χ0) is 8.10. The Balaban J connectivity index is 2.44. The molecule has 0 aromatic carbocycles. The van der Waals surface area contributed by atoms with E-state index in [0.29, 0.717) is 10.2 Å². The lowest BCUT2D eigenvalue weighted by Crippen LogP contribution is -2.00. The molecule has 0 aliphatic rings. The van der Waals surface area contributed by atoms with Crippen molar-refractivity contribution in [3.63, 3.8) is 0 Å². The van der Waals surface area contributed by atoms with Gasteiger partial charge in [-0.2, -0.15) is 0 Å².